The van der Waals surface area contributed by atoms with Gasteiger partial charge in [-0.2, -0.15) is 0 Å². The van der Waals surface area contributed by atoms with E-state index < -0.39 is 0 Å². The summed E-state index contributed by atoms with van der Waals surface area (Å²) < 4.78 is 9.99. The molecule has 0 N–H and O–H groups in total. The van der Waals surface area contributed by atoms with E-state index in [2.05, 4.69) is 14.6 Å². The number of hydrogen-bond acceptors (Lipinski definition) is 6. The summed E-state index contributed by atoms with van der Waals surface area (Å²) in [5.41, 5.74) is 0.576. The number of amides is 1. The Kier molecular flexibility index (Phi) is 6.96. The van der Waals surface area contributed by atoms with Crippen LogP contribution >= 0.6 is 0 Å². The standard InChI is InChI=1S/C16H23N3O4/c1-22-15(20)4-7-19(9-8-18-10-12-23-13-11-18)16(21)14-2-5-17-6-3-14/h2-3,5-6H,4,7-13H2,1H3. The molecular weight excluding hydrogens is 298 g/mol. The Labute approximate surface area is 136 Å². The first-order valence-corrected chi connectivity index (χ1v) is 7.77. The summed E-state index contributed by atoms with van der Waals surface area (Å²) in [5.74, 6) is -0.409. The van der Waals surface area contributed by atoms with Gasteiger partial charge in [0.1, 0.15) is 0 Å². The molecule has 126 valence electrons. The highest BCUT2D eigenvalue weighted by Gasteiger charge is 2.19. The molecule has 0 radical (unpaired) electrons. The first kappa shape index (κ1) is 17.4. The molecule has 1 aromatic rings. The third kappa shape index (κ3) is 5.61. The van der Waals surface area contributed by atoms with Gasteiger partial charge >= 0.3 is 5.97 Å². The smallest absolute Gasteiger partial charge is 0.307 e. The lowest BCUT2D eigenvalue weighted by Crippen LogP contribution is -2.43. The van der Waals surface area contributed by atoms with Gasteiger partial charge in [0.2, 0.25) is 0 Å². The van der Waals surface area contributed by atoms with Crippen LogP contribution in [-0.4, -0.2) is 79.7 Å². The number of carbonyl (C=O) groups excluding carboxylic acids is 2. The Bertz CT molecular complexity index is 503. The normalized spacial score (nSPS) is 15.2. The van der Waals surface area contributed by atoms with E-state index in [0.29, 0.717) is 18.7 Å². The fourth-order valence-corrected chi connectivity index (χ4v) is 2.41. The molecule has 1 saturated heterocycles. The third-order valence-electron chi connectivity index (χ3n) is 3.82. The predicted molar refractivity (Wildman–Crippen MR) is 84.0 cm³/mol. The lowest BCUT2D eigenvalue weighted by atomic mass is 10.2. The highest BCUT2D eigenvalue weighted by Crippen LogP contribution is 2.06. The zero-order valence-electron chi connectivity index (χ0n) is 13.4. The van der Waals surface area contributed by atoms with Crippen LogP contribution in [0.2, 0.25) is 0 Å². The average Bonchev–Trinajstić information content (AvgIpc) is 2.62. The molecule has 1 aromatic heterocycles. The topological polar surface area (TPSA) is 72.0 Å². The fraction of sp³-hybridized carbons (Fsp3) is 0.562. The van der Waals surface area contributed by atoms with E-state index >= 15 is 0 Å². The first-order chi connectivity index (χ1) is 11.2. The summed E-state index contributed by atoms with van der Waals surface area (Å²) in [4.78, 5) is 31.9. The van der Waals surface area contributed by atoms with Crippen molar-refractivity contribution in [2.24, 2.45) is 0 Å². The van der Waals surface area contributed by atoms with Gasteiger partial charge in [-0.1, -0.05) is 0 Å². The van der Waals surface area contributed by atoms with Crippen LogP contribution in [-0.2, 0) is 14.3 Å². The van der Waals surface area contributed by atoms with Crippen LogP contribution in [0, 0.1) is 0 Å². The molecule has 7 nitrogen and oxygen atoms in total. The van der Waals surface area contributed by atoms with E-state index in [4.69, 9.17) is 4.74 Å². The molecule has 1 fully saturated rings. The molecule has 2 rings (SSSR count). The highest BCUT2D eigenvalue weighted by molar-refractivity contribution is 5.94. The van der Waals surface area contributed by atoms with Crippen LogP contribution in [0.15, 0.2) is 24.5 Å². The Morgan fingerprint density at radius 2 is 1.96 bits per heavy atom. The molecule has 0 unspecified atom stereocenters. The molecule has 1 amide bonds. The minimum Gasteiger partial charge on any atom is -0.469 e. The molecule has 0 bridgehead atoms. The second kappa shape index (κ2) is 9.22. The number of nitrogens with zero attached hydrogens (tertiary/aromatic N) is 3. The molecule has 2 heterocycles. The summed E-state index contributed by atoms with van der Waals surface area (Å²) in [7, 11) is 1.35. The van der Waals surface area contributed by atoms with Crippen molar-refractivity contribution >= 4 is 11.9 Å². The van der Waals surface area contributed by atoms with Gasteiger partial charge in [0.15, 0.2) is 0 Å². The SMILES string of the molecule is COC(=O)CCN(CCN1CCOCC1)C(=O)c1ccncc1. The Morgan fingerprint density at radius 1 is 1.26 bits per heavy atom. The largest absolute Gasteiger partial charge is 0.469 e. The molecular formula is C16H23N3O4. The summed E-state index contributed by atoms with van der Waals surface area (Å²) >= 11 is 0. The van der Waals surface area contributed by atoms with Crippen LogP contribution in [0.5, 0.6) is 0 Å². The van der Waals surface area contributed by atoms with Crippen molar-refractivity contribution in [2.75, 3.05) is 53.0 Å². The molecule has 0 saturated carbocycles. The maximum absolute atomic E-state index is 12.6. The van der Waals surface area contributed by atoms with Crippen LogP contribution in [0.1, 0.15) is 16.8 Å². The summed E-state index contributed by atoms with van der Waals surface area (Å²) in [6, 6.07) is 3.37. The second-order valence-electron chi connectivity index (χ2n) is 5.31. The minimum absolute atomic E-state index is 0.0930. The van der Waals surface area contributed by atoms with Crippen molar-refractivity contribution in [3.8, 4) is 0 Å². The van der Waals surface area contributed by atoms with E-state index in [1.54, 1.807) is 29.4 Å². The van der Waals surface area contributed by atoms with E-state index in [0.717, 1.165) is 32.8 Å². The van der Waals surface area contributed by atoms with Gasteiger partial charge in [0.05, 0.1) is 26.7 Å². The van der Waals surface area contributed by atoms with Gasteiger partial charge in [0, 0.05) is 50.7 Å². The van der Waals surface area contributed by atoms with Gasteiger partial charge in [-0.05, 0) is 12.1 Å². The van der Waals surface area contributed by atoms with Gasteiger partial charge in [0.25, 0.3) is 5.91 Å². The summed E-state index contributed by atoms with van der Waals surface area (Å²) in [5, 5.41) is 0. The second-order valence-corrected chi connectivity index (χ2v) is 5.31. The number of ether oxygens (including phenoxy) is 2. The van der Waals surface area contributed by atoms with Crippen molar-refractivity contribution in [2.45, 2.75) is 6.42 Å². The number of aromatic nitrogens is 1. The van der Waals surface area contributed by atoms with Gasteiger partial charge in [-0.25, -0.2) is 0 Å². The molecule has 0 atom stereocenters. The minimum atomic E-state index is -0.316. The monoisotopic (exact) mass is 321 g/mol. The number of rotatable bonds is 7. The number of methoxy groups -OCH3 is 1. The fourth-order valence-electron chi connectivity index (χ4n) is 2.41. The van der Waals surface area contributed by atoms with Crippen molar-refractivity contribution in [1.29, 1.82) is 0 Å². The molecule has 0 spiro atoms. The van der Waals surface area contributed by atoms with Crippen molar-refractivity contribution in [3.63, 3.8) is 0 Å². The molecule has 1 aliphatic rings. The maximum Gasteiger partial charge on any atom is 0.307 e. The molecule has 7 heteroatoms. The number of pyridine rings is 1. The van der Waals surface area contributed by atoms with Crippen LogP contribution in [0.3, 0.4) is 0 Å². The number of esters is 1. The maximum atomic E-state index is 12.6. The van der Waals surface area contributed by atoms with Gasteiger partial charge < -0.3 is 14.4 Å². The van der Waals surface area contributed by atoms with Crippen molar-refractivity contribution in [1.82, 2.24) is 14.8 Å². The molecule has 23 heavy (non-hydrogen) atoms. The van der Waals surface area contributed by atoms with Crippen molar-refractivity contribution < 1.29 is 19.1 Å². The average molecular weight is 321 g/mol. The Hall–Kier alpha value is -1.99. The van der Waals surface area contributed by atoms with E-state index in [1.165, 1.54) is 7.11 Å². The van der Waals surface area contributed by atoms with Crippen LogP contribution in [0.25, 0.3) is 0 Å². The van der Waals surface area contributed by atoms with E-state index in [9.17, 15) is 9.59 Å². The number of morpholine rings is 1. The third-order valence-corrected chi connectivity index (χ3v) is 3.82. The van der Waals surface area contributed by atoms with Crippen molar-refractivity contribution in [3.05, 3.63) is 30.1 Å². The predicted octanol–water partition coefficient (Wildman–Crippen LogP) is 0.419. The highest BCUT2D eigenvalue weighted by atomic mass is 16.5. The molecule has 0 aromatic carbocycles. The van der Waals surface area contributed by atoms with Gasteiger partial charge in [-0.15, -0.1) is 0 Å². The number of hydrogen-bond donors (Lipinski definition) is 0. The molecule has 1 aliphatic heterocycles. The first-order valence-electron chi connectivity index (χ1n) is 7.77. The molecule has 0 aliphatic carbocycles. The summed E-state index contributed by atoms with van der Waals surface area (Å²) in [6.45, 7) is 4.86. The lowest BCUT2D eigenvalue weighted by molar-refractivity contribution is -0.140. The zero-order valence-corrected chi connectivity index (χ0v) is 13.4. The zero-order chi connectivity index (χ0) is 16.5. The van der Waals surface area contributed by atoms with Gasteiger partial charge in [-0.3, -0.25) is 19.5 Å². The summed E-state index contributed by atoms with van der Waals surface area (Å²) in [6.07, 6.45) is 3.37. The van der Waals surface area contributed by atoms with Crippen LogP contribution in [0.4, 0.5) is 0 Å². The quantitative estimate of drug-likeness (QED) is 0.678. The Morgan fingerprint density at radius 3 is 2.61 bits per heavy atom. The van der Waals surface area contributed by atoms with E-state index in [-0.39, 0.29) is 18.3 Å². The lowest BCUT2D eigenvalue weighted by Gasteiger charge is -2.30. The Balaban J connectivity index is 1.95. The van der Waals surface area contributed by atoms with E-state index in [1.807, 2.05) is 0 Å². The van der Waals surface area contributed by atoms with Crippen LogP contribution < -0.4 is 0 Å². The number of carbonyl (C=O) groups is 2.